The first-order valence-electron chi connectivity index (χ1n) is 6.99. The van der Waals surface area contributed by atoms with Crippen molar-refractivity contribution in [3.63, 3.8) is 0 Å². The van der Waals surface area contributed by atoms with E-state index in [0.717, 1.165) is 0 Å². The molecule has 0 aromatic heterocycles. The summed E-state index contributed by atoms with van der Waals surface area (Å²) in [6.07, 6.45) is 1.70. The van der Waals surface area contributed by atoms with Crippen molar-refractivity contribution in [2.45, 2.75) is 26.2 Å². The minimum Gasteiger partial charge on any atom is -0.481 e. The Balaban J connectivity index is 2.79. The minimum atomic E-state index is -0.877. The van der Waals surface area contributed by atoms with Gasteiger partial charge < -0.3 is 25.1 Å². The maximum Gasteiger partial charge on any atom is 0.320 e. The Morgan fingerprint density at radius 2 is 1.85 bits per heavy atom. The summed E-state index contributed by atoms with van der Waals surface area (Å²) in [6.45, 7) is 2.44. The molecular weight excluding hydrogens is 264 g/mol. The second-order valence-corrected chi connectivity index (χ2v) is 5.18. The average molecular weight is 288 g/mol. The van der Waals surface area contributed by atoms with Gasteiger partial charge in [0.25, 0.3) is 0 Å². The fraction of sp³-hybridized carbons (Fsp3) is 0.846. The van der Waals surface area contributed by atoms with E-state index >= 15 is 0 Å². The summed E-state index contributed by atoms with van der Waals surface area (Å²) in [5.41, 5.74) is -0.877. The number of urea groups is 1. The Hall–Kier alpha value is -1.34. The molecule has 1 heterocycles. The van der Waals surface area contributed by atoms with Crippen LogP contribution >= 0.6 is 0 Å². The fourth-order valence-electron chi connectivity index (χ4n) is 2.65. The highest BCUT2D eigenvalue weighted by atomic mass is 16.4. The van der Waals surface area contributed by atoms with Crippen LogP contribution in [0.5, 0.6) is 0 Å². The number of hydrogen-bond donors (Lipinski definition) is 3. The van der Waals surface area contributed by atoms with E-state index in [1.807, 2.05) is 6.92 Å². The summed E-state index contributed by atoms with van der Waals surface area (Å²) in [5.74, 6) is -0.867. The number of aliphatic carboxylic acids is 1. The molecule has 1 unspecified atom stereocenters. The van der Waals surface area contributed by atoms with Crippen LogP contribution < -0.4 is 0 Å². The van der Waals surface area contributed by atoms with Gasteiger partial charge in [-0.25, -0.2) is 4.79 Å². The second-order valence-electron chi connectivity index (χ2n) is 5.18. The highest BCUT2D eigenvalue weighted by molar-refractivity contribution is 5.78. The van der Waals surface area contributed by atoms with Gasteiger partial charge in [-0.2, -0.15) is 0 Å². The predicted molar refractivity (Wildman–Crippen MR) is 72.3 cm³/mol. The van der Waals surface area contributed by atoms with E-state index in [4.69, 9.17) is 10.2 Å². The SMILES string of the molecule is CCC1(C(=O)O)CCCN(C(=O)N(CCO)CCO)C1. The number of hydrogen-bond acceptors (Lipinski definition) is 4. The number of aliphatic hydroxyl groups excluding tert-OH is 2. The molecule has 1 saturated heterocycles. The van der Waals surface area contributed by atoms with Crippen molar-refractivity contribution >= 4 is 12.0 Å². The third-order valence-corrected chi connectivity index (χ3v) is 3.99. The molecule has 20 heavy (non-hydrogen) atoms. The third-order valence-electron chi connectivity index (χ3n) is 3.99. The lowest BCUT2D eigenvalue weighted by Crippen LogP contribution is -2.54. The molecule has 0 radical (unpaired) electrons. The van der Waals surface area contributed by atoms with E-state index in [-0.39, 0.29) is 38.9 Å². The van der Waals surface area contributed by atoms with Crippen molar-refractivity contribution in [1.82, 2.24) is 9.80 Å². The summed E-state index contributed by atoms with van der Waals surface area (Å²) < 4.78 is 0. The molecule has 1 aliphatic rings. The third kappa shape index (κ3) is 3.61. The van der Waals surface area contributed by atoms with Gasteiger partial charge >= 0.3 is 12.0 Å². The molecule has 0 aliphatic carbocycles. The quantitative estimate of drug-likeness (QED) is 0.637. The summed E-state index contributed by atoms with van der Waals surface area (Å²) in [5, 5.41) is 27.3. The molecule has 116 valence electrons. The van der Waals surface area contributed by atoms with Gasteiger partial charge in [0.15, 0.2) is 0 Å². The number of aliphatic hydroxyl groups is 2. The lowest BCUT2D eigenvalue weighted by Gasteiger charge is -2.41. The zero-order valence-corrected chi connectivity index (χ0v) is 11.9. The highest BCUT2D eigenvalue weighted by Gasteiger charge is 2.42. The van der Waals surface area contributed by atoms with E-state index in [0.29, 0.717) is 25.8 Å². The number of carbonyl (C=O) groups excluding carboxylic acids is 1. The van der Waals surface area contributed by atoms with Crippen molar-refractivity contribution in [2.24, 2.45) is 5.41 Å². The lowest BCUT2D eigenvalue weighted by atomic mass is 9.78. The van der Waals surface area contributed by atoms with E-state index in [1.165, 1.54) is 9.80 Å². The second kappa shape index (κ2) is 7.44. The molecule has 3 N–H and O–H groups in total. The summed E-state index contributed by atoms with van der Waals surface area (Å²) in [4.78, 5) is 26.7. The van der Waals surface area contributed by atoms with Crippen molar-refractivity contribution < 1.29 is 24.9 Å². The van der Waals surface area contributed by atoms with Crippen LogP contribution in [0.2, 0.25) is 0 Å². The zero-order chi connectivity index (χ0) is 15.2. The van der Waals surface area contributed by atoms with Gasteiger partial charge in [-0.15, -0.1) is 0 Å². The number of carboxylic acid groups (broad SMARTS) is 1. The monoisotopic (exact) mass is 288 g/mol. The molecule has 0 aromatic carbocycles. The van der Waals surface area contributed by atoms with E-state index < -0.39 is 11.4 Å². The van der Waals surface area contributed by atoms with Crippen LogP contribution in [0, 0.1) is 5.41 Å². The van der Waals surface area contributed by atoms with Gasteiger partial charge in [0.2, 0.25) is 0 Å². The highest BCUT2D eigenvalue weighted by Crippen LogP contribution is 2.34. The van der Waals surface area contributed by atoms with Gasteiger partial charge in [-0.1, -0.05) is 6.92 Å². The van der Waals surface area contributed by atoms with Crippen LogP contribution in [-0.4, -0.2) is 76.5 Å². The maximum absolute atomic E-state index is 12.3. The first-order chi connectivity index (χ1) is 9.50. The van der Waals surface area contributed by atoms with Gasteiger partial charge in [0, 0.05) is 26.2 Å². The Bertz CT molecular complexity index is 344. The van der Waals surface area contributed by atoms with Crippen LogP contribution in [0.1, 0.15) is 26.2 Å². The first-order valence-corrected chi connectivity index (χ1v) is 6.99. The largest absolute Gasteiger partial charge is 0.481 e. The summed E-state index contributed by atoms with van der Waals surface area (Å²) in [6, 6.07) is -0.313. The van der Waals surface area contributed by atoms with E-state index in [1.54, 1.807) is 0 Å². The Labute approximate surface area is 118 Å². The molecule has 0 spiro atoms. The zero-order valence-electron chi connectivity index (χ0n) is 11.9. The Kier molecular flexibility index (Phi) is 6.22. The van der Waals surface area contributed by atoms with Gasteiger partial charge in [-0.3, -0.25) is 4.79 Å². The molecule has 0 saturated carbocycles. The van der Waals surface area contributed by atoms with E-state index in [9.17, 15) is 14.7 Å². The van der Waals surface area contributed by atoms with Crippen LogP contribution in [-0.2, 0) is 4.79 Å². The summed E-state index contributed by atoms with van der Waals surface area (Å²) >= 11 is 0. The minimum absolute atomic E-state index is 0.141. The van der Waals surface area contributed by atoms with E-state index in [2.05, 4.69) is 0 Å². The number of carbonyl (C=O) groups is 2. The molecule has 1 rings (SSSR count). The number of carboxylic acids is 1. The Morgan fingerprint density at radius 1 is 1.25 bits per heavy atom. The lowest BCUT2D eigenvalue weighted by molar-refractivity contribution is -0.152. The molecule has 0 aromatic rings. The number of nitrogens with zero attached hydrogens (tertiary/aromatic N) is 2. The van der Waals surface area contributed by atoms with Gasteiger partial charge in [-0.05, 0) is 19.3 Å². The van der Waals surface area contributed by atoms with Crippen LogP contribution in [0.15, 0.2) is 0 Å². The number of likely N-dealkylation sites (tertiary alicyclic amines) is 1. The van der Waals surface area contributed by atoms with Crippen molar-refractivity contribution in [3.8, 4) is 0 Å². The molecule has 7 heteroatoms. The molecule has 0 bridgehead atoms. The topological polar surface area (TPSA) is 101 Å². The predicted octanol–water partition coefficient (Wildman–Crippen LogP) is -0.0302. The summed E-state index contributed by atoms with van der Waals surface area (Å²) in [7, 11) is 0. The smallest absolute Gasteiger partial charge is 0.320 e. The number of amides is 2. The molecule has 1 atom stereocenters. The van der Waals surface area contributed by atoms with Crippen LogP contribution in [0.4, 0.5) is 4.79 Å². The maximum atomic E-state index is 12.3. The molecule has 1 aliphatic heterocycles. The Morgan fingerprint density at radius 3 is 2.30 bits per heavy atom. The van der Waals surface area contributed by atoms with Crippen LogP contribution in [0.3, 0.4) is 0 Å². The first kappa shape index (κ1) is 16.7. The van der Waals surface area contributed by atoms with Crippen molar-refractivity contribution in [1.29, 1.82) is 0 Å². The van der Waals surface area contributed by atoms with Crippen molar-refractivity contribution in [3.05, 3.63) is 0 Å². The fourth-order valence-corrected chi connectivity index (χ4v) is 2.65. The van der Waals surface area contributed by atoms with Crippen molar-refractivity contribution in [2.75, 3.05) is 39.4 Å². The number of rotatable bonds is 6. The molecule has 2 amide bonds. The van der Waals surface area contributed by atoms with Gasteiger partial charge in [0.1, 0.15) is 0 Å². The normalized spacial score (nSPS) is 22.6. The molecule has 7 nitrogen and oxygen atoms in total. The molecular formula is C13H24N2O5. The van der Waals surface area contributed by atoms with Gasteiger partial charge in [0.05, 0.1) is 18.6 Å². The molecule has 1 fully saturated rings. The number of piperidine rings is 1. The average Bonchev–Trinajstić information content (AvgIpc) is 2.46. The van der Waals surface area contributed by atoms with Crippen LogP contribution in [0.25, 0.3) is 0 Å². The standard InChI is InChI=1S/C13H24N2O5/c1-2-13(11(18)19)4-3-5-15(10-13)12(20)14(6-8-16)7-9-17/h16-17H,2-10H2,1H3,(H,18,19).